The Bertz CT molecular complexity index is 1400. The molecule has 0 aliphatic rings. The van der Waals surface area contributed by atoms with Gasteiger partial charge in [0.05, 0.1) is 30.7 Å². The van der Waals surface area contributed by atoms with Gasteiger partial charge in [-0.05, 0) is 37.4 Å². The highest BCUT2D eigenvalue weighted by atomic mass is 31.2. The summed E-state index contributed by atoms with van der Waals surface area (Å²) in [5.41, 5.74) is 0.727. The molecule has 3 N–H and O–H groups in total. The third-order valence-electron chi connectivity index (χ3n) is 5.19. The smallest absolute Gasteiger partial charge is 0.421 e. The van der Waals surface area contributed by atoms with E-state index in [1.807, 2.05) is 13.8 Å². The number of carbonyl (C=O) groups is 1. The Kier molecular flexibility index (Phi) is 9.18. The fourth-order valence-corrected chi connectivity index (χ4v) is 4.52. The highest BCUT2D eigenvalue weighted by Crippen LogP contribution is 2.40. The molecule has 2 aromatic carbocycles. The lowest BCUT2D eigenvalue weighted by atomic mass is 10.1. The fraction of sp³-hybridized carbons (Fsp3) is 0.320. The number of amides is 1. The van der Waals surface area contributed by atoms with Crippen molar-refractivity contribution in [3.05, 3.63) is 59.5 Å². The maximum atomic E-state index is 14.8. The minimum absolute atomic E-state index is 0.00772. The third kappa shape index (κ3) is 7.67. The van der Waals surface area contributed by atoms with E-state index in [4.69, 9.17) is 9.57 Å². The van der Waals surface area contributed by atoms with Crippen molar-refractivity contribution in [1.82, 2.24) is 15.4 Å². The summed E-state index contributed by atoms with van der Waals surface area (Å²) in [4.78, 5) is 25.0. The van der Waals surface area contributed by atoms with Gasteiger partial charge >= 0.3 is 6.18 Å². The Labute approximate surface area is 222 Å². The Morgan fingerprint density at radius 3 is 2.41 bits per heavy atom. The van der Waals surface area contributed by atoms with E-state index in [1.54, 1.807) is 18.2 Å². The van der Waals surface area contributed by atoms with Crippen molar-refractivity contribution in [1.29, 1.82) is 0 Å². The maximum Gasteiger partial charge on any atom is 0.421 e. The summed E-state index contributed by atoms with van der Waals surface area (Å²) in [6.07, 6.45) is -4.25. The van der Waals surface area contributed by atoms with Crippen LogP contribution in [0.2, 0.25) is 0 Å². The van der Waals surface area contributed by atoms with Crippen LogP contribution in [0, 0.1) is 11.7 Å². The van der Waals surface area contributed by atoms with Crippen LogP contribution in [0.15, 0.2) is 42.6 Å². The van der Waals surface area contributed by atoms with Crippen LogP contribution in [0.5, 0.6) is 5.75 Å². The number of hydrogen-bond acceptors (Lipinski definition) is 8. The number of hydrogen-bond donors (Lipinski definition) is 3. The van der Waals surface area contributed by atoms with Gasteiger partial charge in [-0.15, -0.1) is 0 Å². The Hall–Kier alpha value is -3.70. The van der Waals surface area contributed by atoms with E-state index in [-0.39, 0.29) is 41.2 Å². The Balaban J connectivity index is 1.97. The summed E-state index contributed by atoms with van der Waals surface area (Å²) < 4.78 is 74.0. The zero-order valence-corrected chi connectivity index (χ0v) is 22.7. The summed E-state index contributed by atoms with van der Waals surface area (Å²) in [7, 11) is -1.59. The molecular weight excluding hydrogens is 541 g/mol. The van der Waals surface area contributed by atoms with Crippen molar-refractivity contribution in [3.8, 4) is 5.75 Å². The average molecular weight is 569 g/mol. The van der Waals surface area contributed by atoms with Crippen molar-refractivity contribution < 1.29 is 36.5 Å². The Morgan fingerprint density at radius 1 is 1.10 bits per heavy atom. The maximum absolute atomic E-state index is 14.8. The van der Waals surface area contributed by atoms with Gasteiger partial charge in [0.15, 0.2) is 0 Å². The van der Waals surface area contributed by atoms with E-state index < -0.39 is 36.4 Å². The van der Waals surface area contributed by atoms with Crippen LogP contribution in [0.3, 0.4) is 0 Å². The molecule has 1 amide bonds. The normalized spacial score (nSPS) is 11.8. The van der Waals surface area contributed by atoms with Crippen LogP contribution in [-0.2, 0) is 15.6 Å². The molecule has 0 atom stereocenters. The standard InChI is InChI=1S/C25H28F4N5O4P/c1-14(2)13-38-34-23(35)15-10-20(37-3)19(11-17(15)26)32-24-30-12-16(25(27,28)29)22(33-24)31-18-8-6-7-9-21(18)39(4,5)36/h6-12,14H,13H2,1-5H3,(H,34,35)(H2,30,31,32,33). The number of hydroxylamine groups is 1. The van der Waals surface area contributed by atoms with Crippen molar-refractivity contribution in [3.63, 3.8) is 0 Å². The molecule has 3 aromatic rings. The number of halogens is 4. The first-order chi connectivity index (χ1) is 18.2. The van der Waals surface area contributed by atoms with Gasteiger partial charge in [-0.3, -0.25) is 9.63 Å². The van der Waals surface area contributed by atoms with Gasteiger partial charge in [-0.2, -0.15) is 18.2 Å². The second-order valence-corrected chi connectivity index (χ2v) is 12.4. The number of nitrogens with zero attached hydrogens (tertiary/aromatic N) is 2. The first-order valence-corrected chi connectivity index (χ1v) is 14.2. The van der Waals surface area contributed by atoms with E-state index in [2.05, 4.69) is 26.1 Å². The molecule has 0 aliphatic heterocycles. The second kappa shape index (κ2) is 12.0. The summed E-state index contributed by atoms with van der Waals surface area (Å²) in [6, 6.07) is 8.26. The van der Waals surface area contributed by atoms with Crippen LogP contribution in [0.4, 0.5) is 40.7 Å². The summed E-state index contributed by atoms with van der Waals surface area (Å²) in [5.74, 6) is -2.62. The number of methoxy groups -OCH3 is 1. The molecule has 14 heteroatoms. The number of carbonyl (C=O) groups excluding carboxylic acids is 1. The Morgan fingerprint density at radius 2 is 1.79 bits per heavy atom. The van der Waals surface area contributed by atoms with E-state index in [9.17, 15) is 26.9 Å². The minimum atomic E-state index is -4.81. The molecule has 0 aliphatic carbocycles. The highest BCUT2D eigenvalue weighted by molar-refractivity contribution is 7.70. The quantitative estimate of drug-likeness (QED) is 0.162. The number of anilines is 4. The first-order valence-electron chi connectivity index (χ1n) is 11.6. The molecule has 9 nitrogen and oxygen atoms in total. The molecule has 0 radical (unpaired) electrons. The molecule has 0 saturated carbocycles. The lowest BCUT2D eigenvalue weighted by Gasteiger charge is -2.18. The zero-order valence-electron chi connectivity index (χ0n) is 21.8. The second-order valence-electron chi connectivity index (χ2n) is 9.24. The van der Waals surface area contributed by atoms with Gasteiger partial charge in [0.25, 0.3) is 5.91 Å². The van der Waals surface area contributed by atoms with Crippen LogP contribution in [-0.4, -0.2) is 42.9 Å². The lowest BCUT2D eigenvalue weighted by Crippen LogP contribution is -2.26. The van der Waals surface area contributed by atoms with E-state index in [1.165, 1.54) is 26.5 Å². The van der Waals surface area contributed by atoms with E-state index >= 15 is 0 Å². The lowest BCUT2D eigenvalue weighted by molar-refractivity contribution is -0.137. The molecular formula is C25H28F4N5O4P. The number of rotatable bonds is 10. The third-order valence-corrected chi connectivity index (χ3v) is 6.74. The summed E-state index contributed by atoms with van der Waals surface area (Å²) in [6.45, 7) is 6.93. The predicted octanol–water partition coefficient (Wildman–Crippen LogP) is 5.70. The molecule has 0 bridgehead atoms. The van der Waals surface area contributed by atoms with Gasteiger partial charge in [-0.1, -0.05) is 26.0 Å². The SMILES string of the molecule is COc1cc(C(=O)NOCC(C)C)c(F)cc1Nc1ncc(C(F)(F)F)c(Nc2ccccc2P(C)(C)=O)n1. The van der Waals surface area contributed by atoms with Crippen LogP contribution in [0.25, 0.3) is 0 Å². The molecule has 1 aromatic heterocycles. The van der Waals surface area contributed by atoms with Crippen LogP contribution >= 0.6 is 7.14 Å². The summed E-state index contributed by atoms with van der Waals surface area (Å²) in [5, 5.41) is 5.58. The molecule has 0 saturated heterocycles. The first kappa shape index (κ1) is 29.9. The van der Waals surface area contributed by atoms with Gasteiger partial charge in [0.2, 0.25) is 5.95 Å². The van der Waals surface area contributed by atoms with Gasteiger partial charge in [0, 0.05) is 17.6 Å². The van der Waals surface area contributed by atoms with Crippen molar-refractivity contribution in [2.75, 3.05) is 37.7 Å². The van der Waals surface area contributed by atoms with Gasteiger partial charge < -0.3 is 19.9 Å². The van der Waals surface area contributed by atoms with Crippen molar-refractivity contribution in [2.24, 2.45) is 5.92 Å². The molecule has 0 fully saturated rings. The number of alkyl halides is 3. The molecule has 210 valence electrons. The fourth-order valence-electron chi connectivity index (χ4n) is 3.36. The van der Waals surface area contributed by atoms with Crippen molar-refractivity contribution in [2.45, 2.75) is 20.0 Å². The van der Waals surface area contributed by atoms with Gasteiger partial charge in [-0.25, -0.2) is 14.9 Å². The monoisotopic (exact) mass is 569 g/mol. The molecule has 39 heavy (non-hydrogen) atoms. The topological polar surface area (TPSA) is 114 Å². The highest BCUT2D eigenvalue weighted by Gasteiger charge is 2.36. The van der Waals surface area contributed by atoms with Crippen molar-refractivity contribution >= 4 is 41.5 Å². The minimum Gasteiger partial charge on any atom is -0.495 e. The molecule has 3 rings (SSSR count). The number of aromatic nitrogens is 2. The zero-order chi connectivity index (χ0) is 29.0. The molecule has 0 unspecified atom stereocenters. The number of ether oxygens (including phenoxy) is 1. The van der Waals surface area contributed by atoms with E-state index in [0.29, 0.717) is 11.5 Å². The molecule has 0 spiro atoms. The van der Waals surface area contributed by atoms with Gasteiger partial charge in [0.1, 0.15) is 30.1 Å². The van der Waals surface area contributed by atoms with Crippen LogP contribution in [0.1, 0.15) is 29.8 Å². The average Bonchev–Trinajstić information content (AvgIpc) is 2.83. The predicted molar refractivity (Wildman–Crippen MR) is 140 cm³/mol. The largest absolute Gasteiger partial charge is 0.495 e. The number of benzene rings is 2. The summed E-state index contributed by atoms with van der Waals surface area (Å²) >= 11 is 0. The number of para-hydroxylation sites is 1. The van der Waals surface area contributed by atoms with E-state index in [0.717, 1.165) is 12.1 Å². The number of nitrogens with one attached hydrogen (secondary N) is 3. The molecule has 1 heterocycles. The van der Waals surface area contributed by atoms with Crippen LogP contribution < -0.4 is 26.2 Å².